The normalized spacial score (nSPS) is 21.6. The molecule has 5 N–H and O–H groups in total. The van der Waals surface area contributed by atoms with E-state index in [1.165, 1.54) is 0 Å². The van der Waals surface area contributed by atoms with Crippen LogP contribution in [0.15, 0.2) is 30.3 Å². The van der Waals surface area contributed by atoms with Crippen LogP contribution in [0.4, 0.5) is 0 Å². The third-order valence-corrected chi connectivity index (χ3v) is 4.77. The fourth-order valence-electron chi connectivity index (χ4n) is 2.96. The highest BCUT2D eigenvalue weighted by molar-refractivity contribution is 5.99. The molecule has 8 heteroatoms. The summed E-state index contributed by atoms with van der Waals surface area (Å²) in [7, 11) is 0. The number of piperazine rings is 1. The van der Waals surface area contributed by atoms with Crippen LogP contribution in [0.25, 0.3) is 0 Å². The molecular formula is C19H26N4O4. The summed E-state index contributed by atoms with van der Waals surface area (Å²) in [6, 6.07) is 6.87. The van der Waals surface area contributed by atoms with Gasteiger partial charge in [-0.05, 0) is 11.5 Å². The lowest BCUT2D eigenvalue weighted by Gasteiger charge is -2.30. The summed E-state index contributed by atoms with van der Waals surface area (Å²) in [6.45, 7) is 3.69. The number of hydrogen-bond donors (Lipinski definition) is 4. The number of nitrogens with two attached hydrogens (primary N) is 1. The Bertz CT molecular complexity index is 707. The third-order valence-electron chi connectivity index (χ3n) is 4.77. The van der Waals surface area contributed by atoms with Gasteiger partial charge in [0.15, 0.2) is 0 Å². The number of carbonyl (C=O) groups excluding carboxylic acids is 4. The molecule has 8 nitrogen and oxygen atoms in total. The molecule has 0 bridgehead atoms. The first-order chi connectivity index (χ1) is 12.8. The topological polar surface area (TPSA) is 130 Å². The summed E-state index contributed by atoms with van der Waals surface area (Å²) < 4.78 is 0. The highest BCUT2D eigenvalue weighted by Crippen LogP contribution is 2.10. The summed E-state index contributed by atoms with van der Waals surface area (Å²) in [5, 5.41) is 7.80. The highest BCUT2D eigenvalue weighted by atomic mass is 16.2. The number of nitrogens with one attached hydrogen (secondary N) is 3. The number of amides is 4. The van der Waals surface area contributed by atoms with Crippen molar-refractivity contribution in [3.63, 3.8) is 0 Å². The van der Waals surface area contributed by atoms with Gasteiger partial charge in [-0.25, -0.2) is 0 Å². The number of rotatable bonds is 8. The van der Waals surface area contributed by atoms with Crippen molar-refractivity contribution in [1.29, 1.82) is 0 Å². The molecular weight excluding hydrogens is 348 g/mol. The molecule has 0 spiro atoms. The predicted molar refractivity (Wildman–Crippen MR) is 99.2 cm³/mol. The quantitative estimate of drug-likeness (QED) is 0.494. The second-order valence-electron chi connectivity index (χ2n) is 6.85. The van der Waals surface area contributed by atoms with Crippen molar-refractivity contribution < 1.29 is 19.2 Å². The first-order valence-electron chi connectivity index (χ1n) is 9.05. The fraction of sp³-hybridized carbons (Fsp3) is 0.474. The van der Waals surface area contributed by atoms with Crippen LogP contribution in [0.2, 0.25) is 0 Å². The molecule has 27 heavy (non-hydrogen) atoms. The minimum absolute atomic E-state index is 0.128. The Morgan fingerprint density at radius 3 is 2.30 bits per heavy atom. The van der Waals surface area contributed by atoms with E-state index in [4.69, 9.17) is 5.73 Å². The van der Waals surface area contributed by atoms with E-state index in [1.54, 1.807) is 6.92 Å². The van der Waals surface area contributed by atoms with E-state index >= 15 is 0 Å². The monoisotopic (exact) mass is 374 g/mol. The second-order valence-corrected chi connectivity index (χ2v) is 6.85. The van der Waals surface area contributed by atoms with Gasteiger partial charge in [-0.3, -0.25) is 19.2 Å². The molecule has 2 rings (SSSR count). The molecule has 1 aromatic rings. The first-order valence-corrected chi connectivity index (χ1v) is 9.05. The Balaban J connectivity index is 1.93. The minimum Gasteiger partial charge on any atom is -0.368 e. The lowest BCUT2D eigenvalue weighted by atomic mass is 9.97. The number of carbonyl (C=O) groups is 4. The van der Waals surface area contributed by atoms with Crippen LogP contribution in [0, 0.1) is 5.92 Å². The van der Waals surface area contributed by atoms with Gasteiger partial charge >= 0.3 is 0 Å². The van der Waals surface area contributed by atoms with Crippen molar-refractivity contribution in [2.24, 2.45) is 11.7 Å². The number of hydrogen-bond acceptors (Lipinski definition) is 4. The fourth-order valence-corrected chi connectivity index (χ4v) is 2.96. The van der Waals surface area contributed by atoms with Gasteiger partial charge in [-0.2, -0.15) is 0 Å². The maximum absolute atomic E-state index is 12.3. The number of primary amides is 1. The van der Waals surface area contributed by atoms with Gasteiger partial charge in [0.2, 0.25) is 23.6 Å². The van der Waals surface area contributed by atoms with Gasteiger partial charge in [-0.1, -0.05) is 50.6 Å². The van der Waals surface area contributed by atoms with E-state index < -0.39 is 35.8 Å². The zero-order valence-corrected chi connectivity index (χ0v) is 15.5. The zero-order valence-electron chi connectivity index (χ0n) is 15.5. The molecule has 1 fully saturated rings. The van der Waals surface area contributed by atoms with Gasteiger partial charge in [0.1, 0.15) is 18.1 Å². The predicted octanol–water partition coefficient (Wildman–Crippen LogP) is -0.381. The molecule has 0 radical (unpaired) electrons. The number of benzene rings is 1. The van der Waals surface area contributed by atoms with Gasteiger partial charge in [0.25, 0.3) is 0 Å². The summed E-state index contributed by atoms with van der Waals surface area (Å²) in [5.41, 5.74) is 6.26. The van der Waals surface area contributed by atoms with Crippen molar-refractivity contribution in [3.8, 4) is 0 Å². The van der Waals surface area contributed by atoms with Gasteiger partial charge in [0.05, 0.1) is 6.42 Å². The molecule has 0 unspecified atom stereocenters. The van der Waals surface area contributed by atoms with Crippen LogP contribution in [0.5, 0.6) is 0 Å². The molecule has 1 saturated heterocycles. The molecule has 0 aromatic heterocycles. The molecule has 0 saturated carbocycles. The first kappa shape index (κ1) is 20.4. The lowest BCUT2D eigenvalue weighted by molar-refractivity contribution is -0.138. The van der Waals surface area contributed by atoms with Gasteiger partial charge in [-0.15, -0.1) is 0 Å². The molecule has 1 aromatic carbocycles. The van der Waals surface area contributed by atoms with Crippen LogP contribution < -0.4 is 21.7 Å². The molecule has 146 valence electrons. The molecule has 0 aliphatic carbocycles. The van der Waals surface area contributed by atoms with Gasteiger partial charge in [0, 0.05) is 6.42 Å². The van der Waals surface area contributed by atoms with E-state index in [2.05, 4.69) is 16.0 Å². The minimum atomic E-state index is -0.977. The standard InChI is InChI=1S/C19H26N4O4/c1-3-11(2)16(17(20)25)23-15(24)10-14-19(27)21-13(18(26)22-14)9-12-7-5-4-6-8-12/h4-8,11,13-14,16H,3,9-10H2,1-2H3,(H2,20,25)(H,21,27)(H,22,26)(H,23,24)/t11-,13+,14+,16-/m1/s1. The molecule has 4 atom stereocenters. The Morgan fingerprint density at radius 1 is 1.11 bits per heavy atom. The SMILES string of the molecule is CC[C@@H](C)[C@@H](NC(=O)C[C@@H]1NC(=O)[C@H](Cc2ccccc2)NC1=O)C(N)=O. The Morgan fingerprint density at radius 2 is 1.70 bits per heavy atom. The van der Waals surface area contributed by atoms with Crippen molar-refractivity contribution in [2.45, 2.75) is 51.2 Å². The lowest BCUT2D eigenvalue weighted by Crippen LogP contribution is -2.63. The van der Waals surface area contributed by atoms with E-state index in [0.29, 0.717) is 12.8 Å². The van der Waals surface area contributed by atoms with Crippen molar-refractivity contribution in [1.82, 2.24) is 16.0 Å². The molecule has 1 aliphatic heterocycles. The van der Waals surface area contributed by atoms with Crippen LogP contribution in [-0.4, -0.2) is 41.8 Å². The van der Waals surface area contributed by atoms with Crippen LogP contribution in [-0.2, 0) is 25.6 Å². The molecule has 1 aliphatic rings. The van der Waals surface area contributed by atoms with E-state index in [1.807, 2.05) is 37.3 Å². The average molecular weight is 374 g/mol. The van der Waals surface area contributed by atoms with Crippen molar-refractivity contribution >= 4 is 23.6 Å². The maximum Gasteiger partial charge on any atom is 0.243 e. The maximum atomic E-state index is 12.3. The van der Waals surface area contributed by atoms with Crippen LogP contribution >= 0.6 is 0 Å². The van der Waals surface area contributed by atoms with Gasteiger partial charge < -0.3 is 21.7 Å². The zero-order chi connectivity index (χ0) is 20.0. The molecule has 4 amide bonds. The Hall–Kier alpha value is -2.90. The van der Waals surface area contributed by atoms with E-state index in [-0.39, 0.29) is 18.2 Å². The molecule has 1 heterocycles. The Labute approximate surface area is 158 Å². The van der Waals surface area contributed by atoms with E-state index in [9.17, 15) is 19.2 Å². The highest BCUT2D eigenvalue weighted by Gasteiger charge is 2.35. The third kappa shape index (κ3) is 5.54. The van der Waals surface area contributed by atoms with Crippen LogP contribution in [0.3, 0.4) is 0 Å². The summed E-state index contributed by atoms with van der Waals surface area (Å²) in [5.74, 6) is -2.04. The largest absolute Gasteiger partial charge is 0.368 e. The smallest absolute Gasteiger partial charge is 0.243 e. The van der Waals surface area contributed by atoms with Crippen LogP contribution in [0.1, 0.15) is 32.3 Å². The van der Waals surface area contributed by atoms with Crippen molar-refractivity contribution in [3.05, 3.63) is 35.9 Å². The second kappa shape index (κ2) is 9.16. The summed E-state index contributed by atoms with van der Waals surface area (Å²) in [6.07, 6.45) is 0.778. The van der Waals surface area contributed by atoms with Crippen molar-refractivity contribution in [2.75, 3.05) is 0 Å². The summed E-state index contributed by atoms with van der Waals surface area (Å²) >= 11 is 0. The Kier molecular flexibility index (Phi) is 6.92. The van der Waals surface area contributed by atoms with E-state index in [0.717, 1.165) is 5.56 Å². The average Bonchev–Trinajstić information content (AvgIpc) is 2.63. The summed E-state index contributed by atoms with van der Waals surface area (Å²) in [4.78, 5) is 48.3.